The van der Waals surface area contributed by atoms with E-state index in [9.17, 15) is 9.59 Å². The van der Waals surface area contributed by atoms with Gasteiger partial charge in [0.05, 0.1) is 24.3 Å². The van der Waals surface area contributed by atoms with Gasteiger partial charge in [0, 0.05) is 7.05 Å². The molecule has 1 atom stereocenters. The Kier molecular flexibility index (Phi) is 7.61. The molecule has 0 fully saturated rings. The van der Waals surface area contributed by atoms with Gasteiger partial charge in [-0.15, -0.1) is 0 Å². The SMILES string of the molecule is CC(C)OC(=O)c1ccc(C(CCC(C)(C)C)N(C)C(=O)CN)cc1. The molecule has 0 bridgehead atoms. The maximum Gasteiger partial charge on any atom is 0.338 e. The van der Waals surface area contributed by atoms with Crippen molar-refractivity contribution in [3.63, 3.8) is 0 Å². The van der Waals surface area contributed by atoms with E-state index in [2.05, 4.69) is 20.8 Å². The second kappa shape index (κ2) is 8.99. The molecular formula is C20H32N2O3. The zero-order valence-corrected chi connectivity index (χ0v) is 16.3. The summed E-state index contributed by atoms with van der Waals surface area (Å²) >= 11 is 0. The third-order valence-electron chi connectivity index (χ3n) is 4.08. The number of amides is 1. The number of esters is 1. The number of ether oxygens (including phenoxy) is 1. The molecule has 0 aromatic heterocycles. The number of rotatable bonds is 7. The Bertz CT molecular complexity index is 574. The Morgan fingerprint density at radius 1 is 1.16 bits per heavy atom. The summed E-state index contributed by atoms with van der Waals surface area (Å²) < 4.78 is 5.21. The summed E-state index contributed by atoms with van der Waals surface area (Å²) in [6.07, 6.45) is 1.65. The molecule has 0 aliphatic carbocycles. The minimum absolute atomic E-state index is 0.0126. The maximum absolute atomic E-state index is 12.1. The monoisotopic (exact) mass is 348 g/mol. The first kappa shape index (κ1) is 21.2. The van der Waals surface area contributed by atoms with E-state index in [1.807, 2.05) is 26.0 Å². The van der Waals surface area contributed by atoms with Gasteiger partial charge in [0.1, 0.15) is 0 Å². The fourth-order valence-corrected chi connectivity index (χ4v) is 2.59. The Labute approximate surface area is 151 Å². The summed E-state index contributed by atoms with van der Waals surface area (Å²) in [7, 11) is 1.78. The number of likely N-dealkylation sites (N-methyl/N-ethyl adjacent to an activating group) is 1. The van der Waals surface area contributed by atoms with Gasteiger partial charge in [-0.05, 0) is 49.8 Å². The molecule has 1 rings (SSSR count). The van der Waals surface area contributed by atoms with Crippen molar-refractivity contribution in [2.45, 2.75) is 59.6 Å². The van der Waals surface area contributed by atoms with E-state index in [-0.39, 0.29) is 36.0 Å². The minimum Gasteiger partial charge on any atom is -0.459 e. The van der Waals surface area contributed by atoms with Crippen molar-refractivity contribution in [3.05, 3.63) is 35.4 Å². The average Bonchev–Trinajstić information content (AvgIpc) is 2.52. The van der Waals surface area contributed by atoms with Crippen molar-refractivity contribution >= 4 is 11.9 Å². The van der Waals surface area contributed by atoms with Crippen LogP contribution in [0.2, 0.25) is 0 Å². The molecule has 0 saturated heterocycles. The van der Waals surface area contributed by atoms with E-state index >= 15 is 0 Å². The molecule has 0 spiro atoms. The largest absolute Gasteiger partial charge is 0.459 e. The molecular weight excluding hydrogens is 316 g/mol. The van der Waals surface area contributed by atoms with E-state index in [1.54, 1.807) is 24.1 Å². The molecule has 5 heteroatoms. The molecule has 140 valence electrons. The first-order chi connectivity index (χ1) is 11.5. The van der Waals surface area contributed by atoms with Gasteiger partial charge >= 0.3 is 5.97 Å². The standard InChI is InChI=1S/C20H32N2O3/c1-14(2)25-19(24)16-9-7-15(8-10-16)17(11-12-20(3,4)5)22(6)18(23)13-21/h7-10,14,17H,11-13,21H2,1-6H3. The van der Waals surface area contributed by atoms with Crippen LogP contribution in [0.1, 0.15) is 69.4 Å². The topological polar surface area (TPSA) is 72.6 Å². The Balaban J connectivity index is 3.01. The van der Waals surface area contributed by atoms with Crippen LogP contribution in [-0.2, 0) is 9.53 Å². The second-order valence-electron chi connectivity index (χ2n) is 7.90. The number of nitrogens with two attached hydrogens (primary N) is 1. The highest BCUT2D eigenvalue weighted by molar-refractivity contribution is 5.89. The summed E-state index contributed by atoms with van der Waals surface area (Å²) in [4.78, 5) is 25.8. The summed E-state index contributed by atoms with van der Waals surface area (Å²) in [5.41, 5.74) is 7.21. The van der Waals surface area contributed by atoms with E-state index in [4.69, 9.17) is 10.5 Å². The third kappa shape index (κ3) is 6.86. The lowest BCUT2D eigenvalue weighted by Crippen LogP contribution is -2.36. The first-order valence-electron chi connectivity index (χ1n) is 8.82. The van der Waals surface area contributed by atoms with Crippen LogP contribution < -0.4 is 5.73 Å². The first-order valence-corrected chi connectivity index (χ1v) is 8.82. The zero-order chi connectivity index (χ0) is 19.2. The molecule has 1 aromatic carbocycles. The van der Waals surface area contributed by atoms with Gasteiger partial charge in [-0.3, -0.25) is 4.79 Å². The van der Waals surface area contributed by atoms with Crippen LogP contribution in [0, 0.1) is 5.41 Å². The van der Waals surface area contributed by atoms with Gasteiger partial charge in [0.25, 0.3) is 0 Å². The molecule has 0 saturated carbocycles. The predicted octanol–water partition coefficient (Wildman–Crippen LogP) is 3.54. The molecule has 5 nitrogen and oxygen atoms in total. The summed E-state index contributed by atoms with van der Waals surface area (Å²) in [6, 6.07) is 7.23. The van der Waals surface area contributed by atoms with E-state index < -0.39 is 0 Å². The van der Waals surface area contributed by atoms with E-state index in [0.29, 0.717) is 5.56 Å². The predicted molar refractivity (Wildman–Crippen MR) is 100 cm³/mol. The lowest BCUT2D eigenvalue weighted by molar-refractivity contribution is -0.130. The molecule has 1 unspecified atom stereocenters. The van der Waals surface area contributed by atoms with Crippen molar-refractivity contribution < 1.29 is 14.3 Å². The van der Waals surface area contributed by atoms with Gasteiger partial charge in [-0.1, -0.05) is 32.9 Å². The van der Waals surface area contributed by atoms with Crippen molar-refractivity contribution in [2.24, 2.45) is 11.1 Å². The highest BCUT2D eigenvalue weighted by Gasteiger charge is 2.23. The van der Waals surface area contributed by atoms with Crippen molar-refractivity contribution in [3.8, 4) is 0 Å². The van der Waals surface area contributed by atoms with Crippen molar-refractivity contribution in [2.75, 3.05) is 13.6 Å². The van der Waals surface area contributed by atoms with Gasteiger partial charge in [0.15, 0.2) is 0 Å². The molecule has 1 aromatic rings. The third-order valence-corrected chi connectivity index (χ3v) is 4.08. The molecule has 0 heterocycles. The molecule has 0 radical (unpaired) electrons. The van der Waals surface area contributed by atoms with Gasteiger partial charge in [-0.25, -0.2) is 4.79 Å². The van der Waals surface area contributed by atoms with Crippen LogP contribution in [0.25, 0.3) is 0 Å². The Hall–Kier alpha value is -1.88. The van der Waals surface area contributed by atoms with E-state index in [0.717, 1.165) is 18.4 Å². The molecule has 0 aliphatic rings. The van der Waals surface area contributed by atoms with Crippen molar-refractivity contribution in [1.82, 2.24) is 4.90 Å². The highest BCUT2D eigenvalue weighted by Crippen LogP contribution is 2.31. The lowest BCUT2D eigenvalue weighted by Gasteiger charge is -2.31. The number of nitrogens with zero attached hydrogens (tertiary/aromatic N) is 1. The summed E-state index contributed by atoms with van der Waals surface area (Å²) in [6.45, 7) is 10.2. The molecule has 2 N–H and O–H groups in total. The highest BCUT2D eigenvalue weighted by atomic mass is 16.5. The minimum atomic E-state index is -0.334. The lowest BCUT2D eigenvalue weighted by atomic mass is 9.86. The second-order valence-corrected chi connectivity index (χ2v) is 7.90. The number of hydrogen-bond acceptors (Lipinski definition) is 4. The van der Waals surface area contributed by atoms with Crippen LogP contribution in [0.4, 0.5) is 0 Å². The number of hydrogen-bond donors (Lipinski definition) is 1. The summed E-state index contributed by atoms with van der Waals surface area (Å²) in [5.74, 6) is -0.429. The maximum atomic E-state index is 12.1. The average molecular weight is 348 g/mol. The Morgan fingerprint density at radius 3 is 2.16 bits per heavy atom. The normalized spacial score (nSPS) is 12.8. The van der Waals surface area contributed by atoms with Crippen LogP contribution in [0.3, 0.4) is 0 Å². The zero-order valence-electron chi connectivity index (χ0n) is 16.3. The number of benzene rings is 1. The molecule has 25 heavy (non-hydrogen) atoms. The fourth-order valence-electron chi connectivity index (χ4n) is 2.59. The van der Waals surface area contributed by atoms with Gasteiger partial charge in [0.2, 0.25) is 5.91 Å². The van der Waals surface area contributed by atoms with Gasteiger partial charge < -0.3 is 15.4 Å². The van der Waals surface area contributed by atoms with Crippen LogP contribution >= 0.6 is 0 Å². The van der Waals surface area contributed by atoms with Crippen LogP contribution in [0.5, 0.6) is 0 Å². The molecule has 1 amide bonds. The van der Waals surface area contributed by atoms with Crippen molar-refractivity contribution in [1.29, 1.82) is 0 Å². The van der Waals surface area contributed by atoms with Crippen LogP contribution in [-0.4, -0.2) is 36.5 Å². The fraction of sp³-hybridized carbons (Fsp3) is 0.600. The number of carbonyl (C=O) groups is 2. The van der Waals surface area contributed by atoms with E-state index in [1.165, 1.54) is 0 Å². The number of carbonyl (C=O) groups excluding carboxylic acids is 2. The summed E-state index contributed by atoms with van der Waals surface area (Å²) in [5, 5.41) is 0. The Morgan fingerprint density at radius 2 is 1.72 bits per heavy atom. The van der Waals surface area contributed by atoms with Gasteiger partial charge in [-0.2, -0.15) is 0 Å². The quantitative estimate of drug-likeness (QED) is 0.765. The smallest absolute Gasteiger partial charge is 0.338 e. The molecule has 0 aliphatic heterocycles. The van der Waals surface area contributed by atoms with Crippen LogP contribution in [0.15, 0.2) is 24.3 Å².